The molecule has 0 radical (unpaired) electrons. The number of halogens is 1. The van der Waals surface area contributed by atoms with Gasteiger partial charge in [0, 0.05) is 5.02 Å². The fraction of sp³-hybridized carbons (Fsp3) is 0.450. The van der Waals surface area contributed by atoms with Crippen molar-refractivity contribution in [1.82, 2.24) is 4.90 Å². The molecule has 4 aliphatic carbocycles. The lowest BCUT2D eigenvalue weighted by atomic mass is 9.63. The van der Waals surface area contributed by atoms with Gasteiger partial charge in [-0.1, -0.05) is 23.8 Å². The third-order valence-corrected chi connectivity index (χ3v) is 6.83. The molecule has 26 heavy (non-hydrogen) atoms. The second kappa shape index (κ2) is 5.43. The van der Waals surface area contributed by atoms with Crippen molar-refractivity contribution in [3.63, 3.8) is 0 Å². The summed E-state index contributed by atoms with van der Waals surface area (Å²) in [5.41, 5.74) is 0.790. The van der Waals surface area contributed by atoms with Gasteiger partial charge in [0.05, 0.1) is 11.8 Å². The molecule has 0 spiro atoms. The van der Waals surface area contributed by atoms with Gasteiger partial charge in [-0.25, -0.2) is 4.79 Å². The van der Waals surface area contributed by atoms with Crippen molar-refractivity contribution in [3.8, 4) is 5.75 Å². The van der Waals surface area contributed by atoms with Crippen LogP contribution in [0.5, 0.6) is 5.75 Å². The fourth-order valence-electron chi connectivity index (χ4n) is 5.15. The van der Waals surface area contributed by atoms with Crippen LogP contribution >= 0.6 is 11.6 Å². The predicted octanol–water partition coefficient (Wildman–Crippen LogP) is 2.61. The second-order valence-corrected chi connectivity index (χ2v) is 8.21. The summed E-state index contributed by atoms with van der Waals surface area (Å²) in [4.78, 5) is 39.1. The van der Waals surface area contributed by atoms with Gasteiger partial charge in [-0.2, -0.15) is 0 Å². The molecule has 5 aliphatic rings. The zero-order chi connectivity index (χ0) is 18.2. The van der Waals surface area contributed by atoms with Crippen LogP contribution in [0, 0.1) is 42.4 Å². The molecule has 2 bridgehead atoms. The first-order valence-electron chi connectivity index (χ1n) is 8.96. The molecule has 6 heteroatoms. The quantitative estimate of drug-likeness (QED) is 0.354. The van der Waals surface area contributed by atoms with Gasteiger partial charge < -0.3 is 4.74 Å². The van der Waals surface area contributed by atoms with E-state index in [1.807, 2.05) is 6.92 Å². The number of rotatable bonds is 3. The molecule has 2 amide bonds. The van der Waals surface area contributed by atoms with Crippen LogP contribution in [0.3, 0.4) is 0 Å². The van der Waals surface area contributed by atoms with E-state index >= 15 is 0 Å². The largest absolute Gasteiger partial charge is 0.425 e. The van der Waals surface area contributed by atoms with Crippen LogP contribution in [0.15, 0.2) is 30.4 Å². The third kappa shape index (κ3) is 2.19. The van der Waals surface area contributed by atoms with E-state index in [1.54, 1.807) is 18.2 Å². The number of nitrogens with zero attached hydrogens (tertiary/aromatic N) is 1. The van der Waals surface area contributed by atoms with Crippen molar-refractivity contribution < 1.29 is 19.1 Å². The molecule has 0 aromatic heterocycles. The van der Waals surface area contributed by atoms with Gasteiger partial charge >= 0.3 is 5.97 Å². The first kappa shape index (κ1) is 16.1. The topological polar surface area (TPSA) is 63.7 Å². The van der Waals surface area contributed by atoms with Crippen molar-refractivity contribution in [2.24, 2.45) is 35.5 Å². The van der Waals surface area contributed by atoms with Crippen LogP contribution in [-0.4, -0.2) is 29.2 Å². The molecular formula is C20H18ClNO4. The third-order valence-electron chi connectivity index (χ3n) is 6.40. The summed E-state index contributed by atoms with van der Waals surface area (Å²) in [6, 6.07) is 4.90. The van der Waals surface area contributed by atoms with E-state index in [0.29, 0.717) is 22.6 Å². The van der Waals surface area contributed by atoms with Crippen molar-refractivity contribution in [2.75, 3.05) is 6.54 Å². The van der Waals surface area contributed by atoms with E-state index in [-0.39, 0.29) is 42.0 Å². The first-order valence-corrected chi connectivity index (χ1v) is 9.34. The monoisotopic (exact) mass is 371 g/mol. The van der Waals surface area contributed by atoms with E-state index < -0.39 is 5.97 Å². The second-order valence-electron chi connectivity index (χ2n) is 7.80. The fourth-order valence-corrected chi connectivity index (χ4v) is 5.27. The van der Waals surface area contributed by atoms with Crippen LogP contribution in [0.25, 0.3) is 0 Å². The molecule has 1 saturated heterocycles. The molecule has 1 heterocycles. The maximum atomic E-state index is 12.8. The lowest BCUT2D eigenvalue weighted by Crippen LogP contribution is -2.40. The highest BCUT2D eigenvalue weighted by Gasteiger charge is 2.67. The number of carbonyl (C=O) groups is 3. The van der Waals surface area contributed by atoms with E-state index in [1.165, 1.54) is 0 Å². The van der Waals surface area contributed by atoms with Crippen LogP contribution in [0.4, 0.5) is 0 Å². The van der Waals surface area contributed by atoms with Gasteiger partial charge in [0.15, 0.2) is 0 Å². The Balaban J connectivity index is 1.32. The Hall–Kier alpha value is -2.14. The summed E-state index contributed by atoms with van der Waals surface area (Å²) >= 11 is 5.97. The van der Waals surface area contributed by atoms with Gasteiger partial charge in [0.25, 0.3) is 0 Å². The smallest absolute Gasteiger partial charge is 0.331 e. The van der Waals surface area contributed by atoms with Gasteiger partial charge in [0.2, 0.25) is 11.8 Å². The van der Waals surface area contributed by atoms with Gasteiger partial charge in [-0.15, -0.1) is 0 Å². The molecule has 6 atom stereocenters. The number of esters is 1. The highest BCUT2D eigenvalue weighted by molar-refractivity contribution is 6.31. The van der Waals surface area contributed by atoms with Crippen LogP contribution in [0.1, 0.15) is 12.0 Å². The van der Waals surface area contributed by atoms with Gasteiger partial charge in [0.1, 0.15) is 12.3 Å². The molecule has 0 N–H and O–H groups in total. The van der Waals surface area contributed by atoms with Crippen LogP contribution < -0.4 is 4.74 Å². The molecule has 1 aromatic rings. The number of ether oxygens (including phenoxy) is 1. The van der Waals surface area contributed by atoms with E-state index in [9.17, 15) is 14.4 Å². The minimum Gasteiger partial charge on any atom is -0.425 e. The highest BCUT2D eigenvalue weighted by atomic mass is 35.5. The Morgan fingerprint density at radius 2 is 1.77 bits per heavy atom. The number of carbonyl (C=O) groups excluding carboxylic acids is 3. The molecule has 1 aromatic carbocycles. The zero-order valence-corrected chi connectivity index (χ0v) is 15.0. The zero-order valence-electron chi connectivity index (χ0n) is 14.2. The minimum atomic E-state index is -0.613. The number of likely N-dealkylation sites (tertiary alicyclic amines) is 1. The van der Waals surface area contributed by atoms with E-state index in [2.05, 4.69) is 12.2 Å². The first-order chi connectivity index (χ1) is 12.5. The Morgan fingerprint density at radius 1 is 1.15 bits per heavy atom. The molecule has 2 saturated carbocycles. The Kier molecular flexibility index (Phi) is 3.35. The van der Waals surface area contributed by atoms with Crippen molar-refractivity contribution in [2.45, 2.75) is 13.3 Å². The number of allylic oxidation sites excluding steroid dienone is 2. The van der Waals surface area contributed by atoms with Crippen LogP contribution in [-0.2, 0) is 14.4 Å². The lowest BCUT2D eigenvalue weighted by Gasteiger charge is -2.37. The average Bonchev–Trinajstić information content (AvgIpc) is 3.39. The summed E-state index contributed by atoms with van der Waals surface area (Å²) in [5.74, 6) is 0.159. The Morgan fingerprint density at radius 3 is 2.35 bits per heavy atom. The number of hydrogen-bond acceptors (Lipinski definition) is 4. The lowest BCUT2D eigenvalue weighted by molar-refractivity contribution is -0.148. The van der Waals surface area contributed by atoms with E-state index in [0.717, 1.165) is 16.9 Å². The molecule has 0 unspecified atom stereocenters. The molecule has 5 nitrogen and oxygen atoms in total. The number of imide groups is 1. The number of amides is 2. The van der Waals surface area contributed by atoms with Crippen molar-refractivity contribution >= 4 is 29.4 Å². The maximum absolute atomic E-state index is 12.8. The summed E-state index contributed by atoms with van der Waals surface area (Å²) < 4.78 is 5.30. The SMILES string of the molecule is Cc1cc(OC(=O)CN2C(=O)[C@@H]3[C@H]4C=C[C@@H]([C@@H]5C[C@@H]45)[C@@H]3C2=O)ccc1Cl. The summed E-state index contributed by atoms with van der Waals surface area (Å²) in [5, 5.41) is 0.584. The highest BCUT2D eigenvalue weighted by Crippen LogP contribution is 2.65. The number of benzene rings is 1. The number of hydrogen-bond donors (Lipinski definition) is 0. The summed E-state index contributed by atoms with van der Waals surface area (Å²) in [6.07, 6.45) is 5.35. The standard InChI is InChI=1S/C20H18ClNO4/c1-9-6-10(2-5-15(9)21)26-16(23)8-22-19(24)17-11-3-4-12(14-7-13(11)14)18(17)20(22)25/h2-6,11-14,17-18H,7-8H2,1H3/t11-,12-,13-,14-,17-,18+/m0/s1. The maximum Gasteiger partial charge on any atom is 0.331 e. The van der Waals surface area contributed by atoms with Crippen molar-refractivity contribution in [3.05, 3.63) is 40.9 Å². The summed E-state index contributed by atoms with van der Waals surface area (Å²) in [6.45, 7) is 1.48. The van der Waals surface area contributed by atoms with Gasteiger partial charge in [-0.3, -0.25) is 14.5 Å². The minimum absolute atomic E-state index is 0.159. The van der Waals surface area contributed by atoms with Crippen LogP contribution in [0.2, 0.25) is 5.02 Å². The molecular weight excluding hydrogens is 354 g/mol. The molecule has 134 valence electrons. The Labute approximate surface area is 155 Å². The van der Waals surface area contributed by atoms with Gasteiger partial charge in [-0.05, 0) is 60.8 Å². The average molecular weight is 372 g/mol. The predicted molar refractivity (Wildman–Crippen MR) is 93.2 cm³/mol. The molecule has 3 fully saturated rings. The normalized spacial score (nSPS) is 36.2. The molecule has 6 rings (SSSR count). The summed E-state index contributed by atoms with van der Waals surface area (Å²) in [7, 11) is 0. The Bertz CT molecular complexity index is 843. The number of aryl methyl sites for hydroxylation is 1. The van der Waals surface area contributed by atoms with Crippen molar-refractivity contribution in [1.29, 1.82) is 0 Å². The molecule has 1 aliphatic heterocycles. The van der Waals surface area contributed by atoms with E-state index in [4.69, 9.17) is 16.3 Å².